The molecule has 30 heavy (non-hydrogen) atoms. The van der Waals surface area contributed by atoms with Gasteiger partial charge in [0.1, 0.15) is 5.82 Å². The van der Waals surface area contributed by atoms with Crippen molar-refractivity contribution < 1.29 is 18.0 Å². The lowest BCUT2D eigenvalue weighted by Crippen LogP contribution is -2.29. The molecule has 2 aromatic rings. The monoisotopic (exact) mass is 494 g/mol. The van der Waals surface area contributed by atoms with Crippen molar-refractivity contribution in [3.8, 4) is 0 Å². The number of hydrogen-bond donors (Lipinski definition) is 1. The minimum atomic E-state index is -3.08. The van der Waals surface area contributed by atoms with Crippen LogP contribution in [0.1, 0.15) is 30.1 Å². The summed E-state index contributed by atoms with van der Waals surface area (Å²) in [6.07, 6.45) is 0.608. The van der Waals surface area contributed by atoms with Crippen molar-refractivity contribution in [2.45, 2.75) is 32.7 Å². The van der Waals surface area contributed by atoms with E-state index >= 15 is 0 Å². The minimum Gasteiger partial charge on any atom is -0.312 e. The molecule has 1 N–H and O–H groups in total. The maximum Gasteiger partial charge on any atom is 0.230 e. The molecule has 0 saturated carbocycles. The summed E-state index contributed by atoms with van der Waals surface area (Å²) in [5.74, 6) is -0.217. The topological polar surface area (TPSA) is 101 Å². The molecular formula is C20H23BrN4O4S. The number of halogens is 1. The number of anilines is 2. The quantitative estimate of drug-likeness (QED) is 0.703. The van der Waals surface area contributed by atoms with E-state index in [9.17, 15) is 18.0 Å². The second-order valence-electron chi connectivity index (χ2n) is 8.00. The van der Waals surface area contributed by atoms with Gasteiger partial charge in [-0.2, -0.15) is 5.10 Å². The van der Waals surface area contributed by atoms with Crippen LogP contribution in [0.2, 0.25) is 0 Å². The summed E-state index contributed by atoms with van der Waals surface area (Å²) in [7, 11) is -3.08. The maximum atomic E-state index is 12.9. The van der Waals surface area contributed by atoms with Gasteiger partial charge < -0.3 is 10.2 Å². The van der Waals surface area contributed by atoms with Crippen molar-refractivity contribution >= 4 is 49.1 Å². The molecule has 10 heteroatoms. The van der Waals surface area contributed by atoms with Gasteiger partial charge in [-0.25, -0.2) is 13.1 Å². The molecule has 0 bridgehead atoms. The van der Waals surface area contributed by atoms with E-state index in [-0.39, 0.29) is 35.8 Å². The van der Waals surface area contributed by atoms with E-state index < -0.39 is 15.8 Å². The second-order valence-corrected chi connectivity index (χ2v) is 11.1. The Morgan fingerprint density at radius 1 is 1.27 bits per heavy atom. The average molecular weight is 495 g/mol. The first-order valence-corrected chi connectivity index (χ1v) is 12.4. The van der Waals surface area contributed by atoms with Crippen LogP contribution in [0.25, 0.3) is 0 Å². The number of aryl methyl sites for hydroxylation is 2. The van der Waals surface area contributed by atoms with Crippen molar-refractivity contribution in [1.29, 1.82) is 0 Å². The molecule has 160 valence electrons. The first kappa shape index (κ1) is 21.0. The number of carbonyl (C=O) groups is 2. The fraction of sp³-hybridized carbons (Fsp3) is 0.450. The van der Waals surface area contributed by atoms with Crippen LogP contribution >= 0.6 is 15.9 Å². The van der Waals surface area contributed by atoms with E-state index in [4.69, 9.17) is 0 Å². The number of benzene rings is 1. The number of hydrogen-bond acceptors (Lipinski definition) is 5. The Kier molecular flexibility index (Phi) is 5.48. The number of rotatable bonds is 4. The molecule has 3 heterocycles. The van der Waals surface area contributed by atoms with Crippen LogP contribution in [-0.4, -0.2) is 48.1 Å². The molecule has 0 aliphatic carbocycles. The Morgan fingerprint density at radius 2 is 2.03 bits per heavy atom. The molecule has 1 aromatic heterocycles. The fourth-order valence-corrected chi connectivity index (χ4v) is 5.95. The third kappa shape index (κ3) is 4.15. The largest absolute Gasteiger partial charge is 0.312 e. The SMILES string of the molecule is Cc1cc(NC(=O)C2CC(=O)N(c3ccc(Br)c(C)c3)C2)n(C2CCS(=O)(=O)C2)n1. The van der Waals surface area contributed by atoms with Crippen molar-refractivity contribution in [3.63, 3.8) is 0 Å². The highest BCUT2D eigenvalue weighted by molar-refractivity contribution is 9.10. The molecule has 2 saturated heterocycles. The summed E-state index contributed by atoms with van der Waals surface area (Å²) in [6, 6.07) is 7.11. The Balaban J connectivity index is 1.49. The fourth-order valence-electron chi connectivity index (χ4n) is 4.01. The first-order valence-electron chi connectivity index (χ1n) is 9.77. The van der Waals surface area contributed by atoms with Crippen LogP contribution in [-0.2, 0) is 19.4 Å². The number of sulfone groups is 1. The molecule has 2 fully saturated rings. The molecule has 8 nitrogen and oxygen atoms in total. The van der Waals surface area contributed by atoms with Gasteiger partial charge in [0.25, 0.3) is 0 Å². The summed E-state index contributed by atoms with van der Waals surface area (Å²) >= 11 is 3.46. The third-order valence-electron chi connectivity index (χ3n) is 5.61. The van der Waals surface area contributed by atoms with E-state index in [1.165, 1.54) is 0 Å². The average Bonchev–Trinajstić information content (AvgIpc) is 3.34. The third-order valence-corrected chi connectivity index (χ3v) is 8.25. The lowest BCUT2D eigenvalue weighted by molar-refractivity contribution is -0.122. The summed E-state index contributed by atoms with van der Waals surface area (Å²) in [5, 5.41) is 7.26. The molecule has 2 aliphatic heterocycles. The zero-order valence-electron chi connectivity index (χ0n) is 16.8. The molecule has 2 aliphatic rings. The Labute approximate surface area is 183 Å². The number of amides is 2. The smallest absolute Gasteiger partial charge is 0.230 e. The summed E-state index contributed by atoms with van der Waals surface area (Å²) in [6.45, 7) is 4.05. The van der Waals surface area contributed by atoms with E-state index in [1.54, 1.807) is 22.6 Å². The molecule has 2 unspecified atom stereocenters. The van der Waals surface area contributed by atoms with Crippen LogP contribution in [0.4, 0.5) is 11.5 Å². The van der Waals surface area contributed by atoms with Crippen molar-refractivity contribution in [1.82, 2.24) is 9.78 Å². The van der Waals surface area contributed by atoms with Crippen LogP contribution in [0.5, 0.6) is 0 Å². The normalized spacial score (nSPS) is 23.2. The van der Waals surface area contributed by atoms with Gasteiger partial charge >= 0.3 is 0 Å². The van der Waals surface area contributed by atoms with Crippen molar-refractivity contribution in [2.75, 3.05) is 28.3 Å². The number of nitrogens with one attached hydrogen (secondary N) is 1. The second kappa shape index (κ2) is 7.81. The standard InChI is InChI=1S/C20H23BrN4O4S/c1-12-7-15(3-4-17(12)21)24-10-14(9-19(24)26)20(27)22-18-8-13(2)23-25(18)16-5-6-30(28,29)11-16/h3-4,7-8,14,16H,5-6,9-11H2,1-2H3,(H,22,27). The van der Waals surface area contributed by atoms with Gasteiger partial charge in [-0.1, -0.05) is 15.9 Å². The predicted molar refractivity (Wildman–Crippen MR) is 117 cm³/mol. The van der Waals surface area contributed by atoms with Gasteiger partial charge in [0.15, 0.2) is 9.84 Å². The summed E-state index contributed by atoms with van der Waals surface area (Å²) in [5.41, 5.74) is 2.48. The van der Waals surface area contributed by atoms with Gasteiger partial charge in [-0.15, -0.1) is 0 Å². The predicted octanol–water partition coefficient (Wildman–Crippen LogP) is 2.61. The van der Waals surface area contributed by atoms with Crippen LogP contribution < -0.4 is 10.2 Å². The van der Waals surface area contributed by atoms with E-state index in [1.807, 2.05) is 25.1 Å². The highest BCUT2D eigenvalue weighted by atomic mass is 79.9. The Bertz CT molecular complexity index is 1130. The number of aromatic nitrogens is 2. The van der Waals surface area contributed by atoms with E-state index in [0.717, 1.165) is 15.7 Å². The summed E-state index contributed by atoms with van der Waals surface area (Å²) in [4.78, 5) is 27.1. The van der Waals surface area contributed by atoms with Gasteiger partial charge in [0.05, 0.1) is 29.2 Å². The van der Waals surface area contributed by atoms with Crippen molar-refractivity contribution in [2.24, 2.45) is 5.92 Å². The molecule has 0 spiro atoms. The molecular weight excluding hydrogens is 472 g/mol. The Morgan fingerprint density at radius 3 is 2.70 bits per heavy atom. The van der Waals surface area contributed by atoms with Crippen LogP contribution in [0.3, 0.4) is 0 Å². The highest BCUT2D eigenvalue weighted by Crippen LogP contribution is 2.30. The zero-order valence-corrected chi connectivity index (χ0v) is 19.2. The maximum absolute atomic E-state index is 12.9. The zero-order chi connectivity index (χ0) is 21.6. The number of nitrogens with zero attached hydrogens (tertiary/aromatic N) is 3. The molecule has 2 amide bonds. The lowest BCUT2D eigenvalue weighted by atomic mass is 10.1. The van der Waals surface area contributed by atoms with Gasteiger partial charge in [-0.05, 0) is 44.0 Å². The first-order chi connectivity index (χ1) is 14.1. The van der Waals surface area contributed by atoms with E-state index in [2.05, 4.69) is 26.3 Å². The van der Waals surface area contributed by atoms with Crippen LogP contribution in [0.15, 0.2) is 28.7 Å². The van der Waals surface area contributed by atoms with E-state index in [0.29, 0.717) is 24.5 Å². The minimum absolute atomic E-state index is 0.0234. The molecule has 4 rings (SSSR count). The highest BCUT2D eigenvalue weighted by Gasteiger charge is 2.36. The summed E-state index contributed by atoms with van der Waals surface area (Å²) < 4.78 is 26.2. The number of carbonyl (C=O) groups excluding carboxylic acids is 2. The molecule has 0 radical (unpaired) electrons. The van der Waals surface area contributed by atoms with Gasteiger partial charge in [-0.3, -0.25) is 9.59 Å². The molecule has 1 aromatic carbocycles. The van der Waals surface area contributed by atoms with Gasteiger partial charge in [0.2, 0.25) is 11.8 Å². The van der Waals surface area contributed by atoms with Gasteiger partial charge in [0, 0.05) is 29.2 Å². The molecule has 2 atom stereocenters. The lowest BCUT2D eigenvalue weighted by Gasteiger charge is -2.18. The van der Waals surface area contributed by atoms with Crippen molar-refractivity contribution in [3.05, 3.63) is 40.0 Å². The Hall–Kier alpha value is -2.20. The van der Waals surface area contributed by atoms with Crippen LogP contribution in [0, 0.1) is 19.8 Å².